The predicted octanol–water partition coefficient (Wildman–Crippen LogP) is 3.87. The van der Waals surface area contributed by atoms with Crippen molar-refractivity contribution >= 4 is 23.1 Å². The SMILES string of the molecule is CCCNCc1cnc(C2CSc3ccccc3O2)s1. The normalized spacial score (nSPS) is 17.6. The molecular weight excluding hydrogens is 288 g/mol. The highest BCUT2D eigenvalue weighted by Gasteiger charge is 2.24. The number of ether oxygens (including phenoxy) is 1. The average molecular weight is 306 g/mol. The molecule has 106 valence electrons. The van der Waals surface area contributed by atoms with Gasteiger partial charge >= 0.3 is 0 Å². The van der Waals surface area contributed by atoms with Crippen LogP contribution in [0.5, 0.6) is 5.75 Å². The molecule has 0 aliphatic carbocycles. The fraction of sp³-hybridized carbons (Fsp3) is 0.400. The number of rotatable bonds is 5. The Kier molecular flexibility index (Phi) is 4.60. The van der Waals surface area contributed by atoms with Crippen LogP contribution in [-0.4, -0.2) is 17.3 Å². The van der Waals surface area contributed by atoms with Gasteiger partial charge in [-0.05, 0) is 25.1 Å². The van der Waals surface area contributed by atoms with Gasteiger partial charge in [0.1, 0.15) is 10.8 Å². The number of fused-ring (bicyclic) bond motifs is 1. The molecule has 0 radical (unpaired) electrons. The van der Waals surface area contributed by atoms with Crippen LogP contribution in [-0.2, 0) is 6.54 Å². The van der Waals surface area contributed by atoms with Gasteiger partial charge in [0, 0.05) is 28.3 Å². The zero-order chi connectivity index (χ0) is 13.8. The highest BCUT2D eigenvalue weighted by atomic mass is 32.2. The minimum Gasteiger partial charge on any atom is -0.481 e. The van der Waals surface area contributed by atoms with Crippen molar-refractivity contribution in [3.05, 3.63) is 40.3 Å². The van der Waals surface area contributed by atoms with E-state index in [0.717, 1.165) is 36.0 Å². The molecule has 0 saturated carbocycles. The molecule has 0 saturated heterocycles. The molecular formula is C15H18N2OS2. The van der Waals surface area contributed by atoms with Crippen molar-refractivity contribution in [3.8, 4) is 5.75 Å². The highest BCUT2D eigenvalue weighted by Crippen LogP contribution is 2.40. The monoisotopic (exact) mass is 306 g/mol. The lowest BCUT2D eigenvalue weighted by atomic mass is 10.3. The molecule has 1 aromatic carbocycles. The van der Waals surface area contributed by atoms with Gasteiger partial charge in [0.25, 0.3) is 0 Å². The summed E-state index contributed by atoms with van der Waals surface area (Å²) in [5, 5.41) is 4.49. The lowest BCUT2D eigenvalue weighted by Gasteiger charge is -2.23. The van der Waals surface area contributed by atoms with Crippen molar-refractivity contribution in [1.82, 2.24) is 10.3 Å². The van der Waals surface area contributed by atoms with Gasteiger partial charge in [-0.2, -0.15) is 0 Å². The van der Waals surface area contributed by atoms with Crippen LogP contribution in [0.1, 0.15) is 29.3 Å². The van der Waals surface area contributed by atoms with Gasteiger partial charge in [-0.3, -0.25) is 0 Å². The molecule has 3 nitrogen and oxygen atoms in total. The van der Waals surface area contributed by atoms with Crippen LogP contribution in [0.3, 0.4) is 0 Å². The molecule has 0 bridgehead atoms. The summed E-state index contributed by atoms with van der Waals surface area (Å²) >= 11 is 3.60. The van der Waals surface area contributed by atoms with Gasteiger partial charge in [0.2, 0.25) is 0 Å². The highest BCUT2D eigenvalue weighted by molar-refractivity contribution is 7.99. The van der Waals surface area contributed by atoms with E-state index in [2.05, 4.69) is 29.4 Å². The van der Waals surface area contributed by atoms with Crippen molar-refractivity contribution < 1.29 is 4.74 Å². The van der Waals surface area contributed by atoms with E-state index >= 15 is 0 Å². The Balaban J connectivity index is 1.66. The van der Waals surface area contributed by atoms with E-state index in [9.17, 15) is 0 Å². The number of benzene rings is 1. The van der Waals surface area contributed by atoms with E-state index in [4.69, 9.17) is 4.74 Å². The number of aromatic nitrogens is 1. The van der Waals surface area contributed by atoms with Crippen molar-refractivity contribution in [2.75, 3.05) is 12.3 Å². The summed E-state index contributed by atoms with van der Waals surface area (Å²) in [5.41, 5.74) is 0. The topological polar surface area (TPSA) is 34.2 Å². The van der Waals surface area contributed by atoms with E-state index in [1.807, 2.05) is 30.1 Å². The van der Waals surface area contributed by atoms with Crippen LogP contribution < -0.4 is 10.1 Å². The first kappa shape index (κ1) is 13.9. The van der Waals surface area contributed by atoms with Gasteiger partial charge in [0.05, 0.1) is 0 Å². The molecule has 2 aromatic rings. The van der Waals surface area contributed by atoms with E-state index in [0.29, 0.717) is 0 Å². The van der Waals surface area contributed by atoms with Crippen LogP contribution in [0.15, 0.2) is 35.4 Å². The van der Waals surface area contributed by atoms with Gasteiger partial charge in [-0.1, -0.05) is 19.1 Å². The Bertz CT molecular complexity index is 571. The summed E-state index contributed by atoms with van der Waals surface area (Å²) in [5.74, 6) is 1.92. The number of para-hydroxylation sites is 1. The Hall–Kier alpha value is -1.04. The second-order valence-electron chi connectivity index (χ2n) is 4.71. The molecule has 1 aliphatic rings. The maximum absolute atomic E-state index is 6.06. The maximum Gasteiger partial charge on any atom is 0.159 e. The minimum atomic E-state index is 0.0832. The molecule has 0 amide bonds. The molecule has 0 fully saturated rings. The quantitative estimate of drug-likeness (QED) is 0.850. The van der Waals surface area contributed by atoms with E-state index < -0.39 is 0 Å². The summed E-state index contributed by atoms with van der Waals surface area (Å²) in [6.07, 6.45) is 3.21. The molecule has 1 aliphatic heterocycles. The first-order chi connectivity index (χ1) is 9.86. The zero-order valence-corrected chi connectivity index (χ0v) is 13.1. The predicted molar refractivity (Wildman–Crippen MR) is 84.6 cm³/mol. The Labute approximate surface area is 127 Å². The van der Waals surface area contributed by atoms with Crippen LogP contribution in [0.2, 0.25) is 0 Å². The number of thioether (sulfide) groups is 1. The largest absolute Gasteiger partial charge is 0.481 e. The van der Waals surface area contributed by atoms with Crippen LogP contribution in [0.4, 0.5) is 0 Å². The Morgan fingerprint density at radius 1 is 1.40 bits per heavy atom. The lowest BCUT2D eigenvalue weighted by Crippen LogP contribution is -2.14. The molecule has 2 heterocycles. The molecule has 3 rings (SSSR count). The zero-order valence-electron chi connectivity index (χ0n) is 11.5. The van der Waals surface area contributed by atoms with E-state index in [1.54, 1.807) is 11.3 Å². The minimum absolute atomic E-state index is 0.0832. The summed E-state index contributed by atoms with van der Waals surface area (Å²) < 4.78 is 6.06. The van der Waals surface area contributed by atoms with Crippen molar-refractivity contribution in [2.24, 2.45) is 0 Å². The average Bonchev–Trinajstić information content (AvgIpc) is 2.96. The summed E-state index contributed by atoms with van der Waals surface area (Å²) in [4.78, 5) is 7.04. The summed E-state index contributed by atoms with van der Waals surface area (Å²) in [6, 6.07) is 8.21. The van der Waals surface area contributed by atoms with Crippen LogP contribution >= 0.6 is 23.1 Å². The Morgan fingerprint density at radius 3 is 3.20 bits per heavy atom. The Morgan fingerprint density at radius 2 is 2.30 bits per heavy atom. The number of nitrogens with zero attached hydrogens (tertiary/aromatic N) is 1. The number of nitrogens with one attached hydrogen (secondary N) is 1. The third kappa shape index (κ3) is 3.16. The first-order valence-electron chi connectivity index (χ1n) is 6.90. The molecule has 5 heteroatoms. The third-order valence-corrected chi connectivity index (χ3v) is 5.29. The lowest BCUT2D eigenvalue weighted by molar-refractivity contribution is 0.220. The second kappa shape index (κ2) is 6.61. The first-order valence-corrected chi connectivity index (χ1v) is 8.71. The number of thiazole rings is 1. The molecule has 20 heavy (non-hydrogen) atoms. The van der Waals surface area contributed by atoms with Crippen molar-refractivity contribution in [3.63, 3.8) is 0 Å². The van der Waals surface area contributed by atoms with Crippen LogP contribution in [0.25, 0.3) is 0 Å². The van der Waals surface area contributed by atoms with Gasteiger partial charge in [0.15, 0.2) is 6.10 Å². The van der Waals surface area contributed by atoms with Crippen molar-refractivity contribution in [1.29, 1.82) is 0 Å². The summed E-state index contributed by atoms with van der Waals surface area (Å²) in [6.45, 7) is 4.13. The number of hydrogen-bond donors (Lipinski definition) is 1. The molecule has 1 aromatic heterocycles. The van der Waals surface area contributed by atoms with E-state index in [1.165, 1.54) is 9.77 Å². The molecule has 1 N–H and O–H groups in total. The standard InChI is InChI=1S/C15H18N2OS2/c1-2-7-16-8-11-9-17-15(20-11)13-10-19-14-6-4-3-5-12(14)18-13/h3-6,9,13,16H,2,7-8,10H2,1H3. The molecule has 1 atom stereocenters. The maximum atomic E-state index is 6.06. The smallest absolute Gasteiger partial charge is 0.159 e. The van der Waals surface area contributed by atoms with Gasteiger partial charge in [-0.15, -0.1) is 23.1 Å². The van der Waals surface area contributed by atoms with Crippen LogP contribution in [0, 0.1) is 0 Å². The van der Waals surface area contributed by atoms with Gasteiger partial charge in [-0.25, -0.2) is 4.98 Å². The molecule has 0 spiro atoms. The third-order valence-electron chi connectivity index (χ3n) is 3.08. The second-order valence-corrected chi connectivity index (χ2v) is 6.91. The fourth-order valence-corrected chi connectivity index (χ4v) is 4.09. The van der Waals surface area contributed by atoms with Crippen molar-refractivity contribution in [2.45, 2.75) is 30.9 Å². The summed E-state index contributed by atoms with van der Waals surface area (Å²) in [7, 11) is 0. The van der Waals surface area contributed by atoms with E-state index in [-0.39, 0.29) is 6.10 Å². The number of hydrogen-bond acceptors (Lipinski definition) is 5. The molecule has 1 unspecified atom stereocenters. The fourth-order valence-electron chi connectivity index (χ4n) is 2.08. The van der Waals surface area contributed by atoms with Gasteiger partial charge < -0.3 is 10.1 Å².